The third kappa shape index (κ3) is 2.47. The monoisotopic (exact) mass is 260 g/mol. The van der Waals surface area contributed by atoms with Crippen molar-refractivity contribution in [3.8, 4) is 11.3 Å². The van der Waals surface area contributed by atoms with Crippen molar-refractivity contribution in [2.24, 2.45) is 0 Å². The van der Waals surface area contributed by atoms with Crippen molar-refractivity contribution in [3.05, 3.63) is 39.2 Å². The van der Waals surface area contributed by atoms with Crippen molar-refractivity contribution in [2.75, 3.05) is 7.05 Å². The fourth-order valence-electron chi connectivity index (χ4n) is 2.31. The van der Waals surface area contributed by atoms with Crippen LogP contribution in [-0.4, -0.2) is 12.0 Å². The number of thiazole rings is 1. The minimum atomic E-state index is 0.315. The Hall–Kier alpha value is -1.19. The van der Waals surface area contributed by atoms with E-state index in [0.29, 0.717) is 6.04 Å². The topological polar surface area (TPSA) is 24.9 Å². The van der Waals surface area contributed by atoms with Gasteiger partial charge < -0.3 is 5.32 Å². The summed E-state index contributed by atoms with van der Waals surface area (Å²) in [5, 5.41) is 6.54. The molecule has 1 N–H and O–H groups in total. The lowest BCUT2D eigenvalue weighted by Gasteiger charge is -2.09. The number of hydrogen-bond donors (Lipinski definition) is 1. The molecule has 0 bridgehead atoms. The Morgan fingerprint density at radius 1 is 1.17 bits per heavy atom. The second-order valence-electron chi connectivity index (χ2n) is 4.86. The van der Waals surface area contributed by atoms with E-state index >= 15 is 0 Å². The molecule has 0 aliphatic rings. The Labute approximate surface area is 113 Å². The van der Waals surface area contributed by atoms with E-state index in [9.17, 15) is 0 Å². The van der Waals surface area contributed by atoms with Crippen LogP contribution in [0.3, 0.4) is 0 Å². The average Bonchev–Trinajstić information content (AvgIpc) is 2.76. The standard InChI is InChI=1S/C15H20N2S/c1-9-6-10(2)14(11(3)7-9)13-8-18-15(17-13)12(4)16-5/h6-8,12,16H,1-5H3. The van der Waals surface area contributed by atoms with E-state index in [4.69, 9.17) is 4.98 Å². The lowest BCUT2D eigenvalue weighted by atomic mass is 9.98. The van der Waals surface area contributed by atoms with Crippen LogP contribution in [0, 0.1) is 20.8 Å². The SMILES string of the molecule is CNC(C)c1nc(-c2c(C)cc(C)cc2C)cs1. The fourth-order valence-corrected chi connectivity index (χ4v) is 3.18. The smallest absolute Gasteiger partial charge is 0.110 e. The zero-order valence-electron chi connectivity index (χ0n) is 11.7. The molecule has 2 nitrogen and oxygen atoms in total. The van der Waals surface area contributed by atoms with Gasteiger partial charge in [0.2, 0.25) is 0 Å². The summed E-state index contributed by atoms with van der Waals surface area (Å²) in [5.74, 6) is 0. The third-order valence-electron chi connectivity index (χ3n) is 3.26. The van der Waals surface area contributed by atoms with Crippen molar-refractivity contribution < 1.29 is 0 Å². The number of nitrogens with one attached hydrogen (secondary N) is 1. The van der Waals surface area contributed by atoms with Gasteiger partial charge in [-0.25, -0.2) is 4.98 Å². The summed E-state index contributed by atoms with van der Waals surface area (Å²) in [7, 11) is 1.97. The van der Waals surface area contributed by atoms with E-state index in [2.05, 4.69) is 50.5 Å². The molecule has 2 rings (SSSR count). The molecule has 1 atom stereocenters. The van der Waals surface area contributed by atoms with Gasteiger partial charge >= 0.3 is 0 Å². The van der Waals surface area contributed by atoms with Crippen molar-refractivity contribution in [1.29, 1.82) is 0 Å². The Bertz CT molecular complexity index is 534. The van der Waals surface area contributed by atoms with Crippen LogP contribution in [0.15, 0.2) is 17.5 Å². The van der Waals surface area contributed by atoms with Gasteiger partial charge in [0.05, 0.1) is 11.7 Å². The molecule has 18 heavy (non-hydrogen) atoms. The molecule has 0 amide bonds. The van der Waals surface area contributed by atoms with E-state index in [-0.39, 0.29) is 0 Å². The second kappa shape index (κ2) is 5.21. The highest BCUT2D eigenvalue weighted by Crippen LogP contribution is 2.30. The van der Waals surface area contributed by atoms with Crippen LogP contribution in [-0.2, 0) is 0 Å². The van der Waals surface area contributed by atoms with Crippen molar-refractivity contribution >= 4 is 11.3 Å². The van der Waals surface area contributed by atoms with Crippen LogP contribution in [0.5, 0.6) is 0 Å². The van der Waals surface area contributed by atoms with E-state index in [1.807, 2.05) is 7.05 Å². The summed E-state index contributed by atoms with van der Waals surface area (Å²) in [6, 6.07) is 4.76. The minimum Gasteiger partial charge on any atom is -0.311 e. The first-order valence-electron chi connectivity index (χ1n) is 6.24. The second-order valence-corrected chi connectivity index (χ2v) is 5.74. The molecule has 96 valence electrons. The quantitative estimate of drug-likeness (QED) is 0.901. The van der Waals surface area contributed by atoms with Gasteiger partial charge in [-0.15, -0.1) is 11.3 Å². The van der Waals surface area contributed by atoms with Crippen LogP contribution in [0.25, 0.3) is 11.3 Å². The molecule has 1 aromatic heterocycles. The van der Waals surface area contributed by atoms with Gasteiger partial charge in [-0.3, -0.25) is 0 Å². The summed E-state index contributed by atoms with van der Waals surface area (Å²) in [4.78, 5) is 4.76. The number of hydrogen-bond acceptors (Lipinski definition) is 3. The lowest BCUT2D eigenvalue weighted by molar-refractivity contribution is 0.648. The molecular formula is C15H20N2S. The van der Waals surface area contributed by atoms with E-state index < -0.39 is 0 Å². The number of aryl methyl sites for hydroxylation is 3. The van der Waals surface area contributed by atoms with Gasteiger partial charge in [0.1, 0.15) is 5.01 Å². The molecule has 2 aromatic rings. The zero-order valence-corrected chi connectivity index (χ0v) is 12.5. The largest absolute Gasteiger partial charge is 0.311 e. The van der Waals surface area contributed by atoms with Gasteiger partial charge in [0.15, 0.2) is 0 Å². The van der Waals surface area contributed by atoms with Crippen LogP contribution in [0.4, 0.5) is 0 Å². The van der Waals surface area contributed by atoms with Gasteiger partial charge in [-0.05, 0) is 45.9 Å². The number of benzene rings is 1. The van der Waals surface area contributed by atoms with E-state index in [1.54, 1.807) is 11.3 Å². The molecule has 3 heteroatoms. The first kappa shape index (κ1) is 13.2. The highest BCUT2D eigenvalue weighted by molar-refractivity contribution is 7.10. The maximum atomic E-state index is 4.76. The molecule has 0 radical (unpaired) electrons. The van der Waals surface area contributed by atoms with Crippen molar-refractivity contribution in [2.45, 2.75) is 33.7 Å². The maximum Gasteiger partial charge on any atom is 0.110 e. The molecule has 1 unspecified atom stereocenters. The zero-order chi connectivity index (χ0) is 13.3. The molecule has 0 saturated carbocycles. The minimum absolute atomic E-state index is 0.315. The molecule has 0 aliphatic heterocycles. The normalized spacial score (nSPS) is 12.7. The van der Waals surface area contributed by atoms with Gasteiger partial charge in [-0.2, -0.15) is 0 Å². The molecule has 0 saturated heterocycles. The van der Waals surface area contributed by atoms with E-state index in [1.165, 1.54) is 22.3 Å². The van der Waals surface area contributed by atoms with Crippen molar-refractivity contribution in [3.63, 3.8) is 0 Å². The fraction of sp³-hybridized carbons (Fsp3) is 0.400. The predicted molar refractivity (Wildman–Crippen MR) is 79.2 cm³/mol. The first-order chi connectivity index (χ1) is 8.52. The van der Waals surface area contributed by atoms with Gasteiger partial charge in [-0.1, -0.05) is 17.7 Å². The van der Waals surface area contributed by atoms with Crippen LogP contribution in [0.1, 0.15) is 34.7 Å². The predicted octanol–water partition coefficient (Wildman–Crippen LogP) is 4.02. The third-order valence-corrected chi connectivity index (χ3v) is 4.29. The Morgan fingerprint density at radius 2 is 1.78 bits per heavy atom. The number of nitrogens with zero attached hydrogens (tertiary/aromatic N) is 1. The lowest BCUT2D eigenvalue weighted by Crippen LogP contribution is -2.11. The van der Waals surface area contributed by atoms with Gasteiger partial charge in [0.25, 0.3) is 0 Å². The van der Waals surface area contributed by atoms with E-state index in [0.717, 1.165) is 10.7 Å². The molecule has 1 aromatic carbocycles. The maximum absolute atomic E-state index is 4.76. The molecule has 0 spiro atoms. The summed E-state index contributed by atoms with van der Waals surface area (Å²) >= 11 is 1.73. The summed E-state index contributed by atoms with van der Waals surface area (Å²) < 4.78 is 0. The van der Waals surface area contributed by atoms with Crippen LogP contribution >= 0.6 is 11.3 Å². The Morgan fingerprint density at radius 3 is 2.33 bits per heavy atom. The molecule has 0 aliphatic carbocycles. The van der Waals surface area contributed by atoms with Crippen LogP contribution < -0.4 is 5.32 Å². The van der Waals surface area contributed by atoms with Crippen molar-refractivity contribution in [1.82, 2.24) is 10.3 Å². The number of rotatable bonds is 3. The first-order valence-corrected chi connectivity index (χ1v) is 7.11. The highest BCUT2D eigenvalue weighted by atomic mass is 32.1. The van der Waals surface area contributed by atoms with Gasteiger partial charge in [0, 0.05) is 10.9 Å². The molecule has 1 heterocycles. The summed E-state index contributed by atoms with van der Waals surface area (Å²) in [6.45, 7) is 8.60. The molecular weight excluding hydrogens is 240 g/mol. The highest BCUT2D eigenvalue weighted by Gasteiger charge is 2.13. The molecule has 0 fully saturated rings. The Balaban J connectivity index is 2.46. The number of aromatic nitrogens is 1. The average molecular weight is 260 g/mol. The Kier molecular flexibility index (Phi) is 3.83. The van der Waals surface area contributed by atoms with Crippen LogP contribution in [0.2, 0.25) is 0 Å². The summed E-state index contributed by atoms with van der Waals surface area (Å²) in [5.41, 5.74) is 6.31. The summed E-state index contributed by atoms with van der Waals surface area (Å²) in [6.07, 6.45) is 0.